The number of nitrogens with zero attached hydrogens (tertiary/aromatic N) is 1. The van der Waals surface area contributed by atoms with Crippen molar-refractivity contribution < 1.29 is 9.47 Å². The van der Waals surface area contributed by atoms with Crippen molar-refractivity contribution in [3.8, 4) is 34.1 Å². The number of ether oxygens (including phenoxy) is 2. The summed E-state index contributed by atoms with van der Waals surface area (Å²) in [5, 5.41) is 3.68. The first-order valence-electron chi connectivity index (χ1n) is 13.2. The number of fused-ring (bicyclic) bond motifs is 6. The van der Waals surface area contributed by atoms with Crippen molar-refractivity contribution in [1.29, 1.82) is 0 Å². The number of rotatable bonds is 2. The molecule has 0 spiro atoms. The van der Waals surface area contributed by atoms with Crippen molar-refractivity contribution in [2.75, 3.05) is 10.2 Å². The van der Waals surface area contributed by atoms with Crippen LogP contribution < -0.4 is 30.6 Å². The molecule has 38 heavy (non-hydrogen) atoms. The predicted molar refractivity (Wildman–Crippen MR) is 157 cm³/mol. The highest BCUT2D eigenvalue weighted by atomic mass is 16.5. The summed E-state index contributed by atoms with van der Waals surface area (Å²) < 4.78 is 12.7. The van der Waals surface area contributed by atoms with Crippen molar-refractivity contribution in [3.05, 3.63) is 103 Å². The Hall–Kier alpha value is -4.64. The topological polar surface area (TPSA) is 33.7 Å². The van der Waals surface area contributed by atoms with Crippen LogP contribution >= 0.6 is 0 Å². The first kappa shape index (κ1) is 21.5. The Balaban J connectivity index is 1.39. The fraction of sp³-hybridized carbons (Fsp3) is 0.0909. The number of para-hydroxylation sites is 6. The maximum atomic E-state index is 6.37. The Morgan fingerprint density at radius 3 is 2.32 bits per heavy atom. The number of benzene rings is 5. The highest BCUT2D eigenvalue weighted by Crippen LogP contribution is 2.52. The molecule has 0 saturated heterocycles. The second-order valence-electron chi connectivity index (χ2n) is 10.5. The molecule has 0 aromatic heterocycles. The highest BCUT2D eigenvalue weighted by molar-refractivity contribution is 6.73. The van der Waals surface area contributed by atoms with Crippen molar-refractivity contribution >= 4 is 46.6 Å². The molecular weight excluding hydrogens is 467 g/mol. The minimum Gasteiger partial charge on any atom is -0.453 e. The molecule has 0 atom stereocenters. The van der Waals surface area contributed by atoms with Gasteiger partial charge in [0.15, 0.2) is 30.3 Å². The number of nitrogens with one attached hydrogen (secondary N) is 1. The molecule has 0 amide bonds. The van der Waals surface area contributed by atoms with Gasteiger partial charge in [0.05, 0.1) is 22.7 Å². The fourth-order valence-corrected chi connectivity index (χ4v) is 5.97. The molecular formula is C33H25BN2O2. The summed E-state index contributed by atoms with van der Waals surface area (Å²) in [6.45, 7) is 4.53. The monoisotopic (exact) mass is 492 g/mol. The third-order valence-electron chi connectivity index (χ3n) is 7.84. The van der Waals surface area contributed by atoms with E-state index >= 15 is 0 Å². The SMILES string of the molecule is CC(C)c1cc(-c2cccc3c2Nc2ccccc2O3)c2c(c1)N1c3ccccc3Oc3cccc(c31)B2. The molecule has 3 heterocycles. The van der Waals surface area contributed by atoms with E-state index in [4.69, 9.17) is 9.47 Å². The van der Waals surface area contributed by atoms with Gasteiger partial charge in [0.25, 0.3) is 0 Å². The van der Waals surface area contributed by atoms with E-state index in [-0.39, 0.29) is 0 Å². The average Bonchev–Trinajstić information content (AvgIpc) is 2.95. The average molecular weight is 492 g/mol. The summed E-state index contributed by atoms with van der Waals surface area (Å²) in [4.78, 5) is 2.41. The van der Waals surface area contributed by atoms with Crippen LogP contribution in [0.2, 0.25) is 0 Å². The Morgan fingerprint density at radius 2 is 1.42 bits per heavy atom. The van der Waals surface area contributed by atoms with Crippen LogP contribution in [0.1, 0.15) is 25.3 Å². The third kappa shape index (κ3) is 3.05. The van der Waals surface area contributed by atoms with Crippen molar-refractivity contribution in [2.24, 2.45) is 0 Å². The molecule has 3 aliphatic heterocycles. The number of hydrogen-bond acceptors (Lipinski definition) is 4. The zero-order valence-electron chi connectivity index (χ0n) is 21.3. The zero-order chi connectivity index (χ0) is 25.4. The van der Waals surface area contributed by atoms with Gasteiger partial charge in [-0.1, -0.05) is 73.9 Å². The van der Waals surface area contributed by atoms with Gasteiger partial charge in [-0.15, -0.1) is 0 Å². The molecule has 1 N–H and O–H groups in total. The van der Waals surface area contributed by atoms with Crippen LogP contribution in [0.3, 0.4) is 0 Å². The standard InChI is InChI=1S/C33H25BN2O2/c1-19(2)20-17-22(21-9-7-15-29-32(21)35-24-11-3-5-13-27(24)37-29)31-26(18-20)36-25-12-4-6-14-28(25)38-30-16-8-10-23(34-31)33(30)36/h3-19,34-35H,1-2H3. The molecule has 3 aliphatic rings. The van der Waals surface area contributed by atoms with E-state index in [0.717, 1.165) is 58.6 Å². The largest absolute Gasteiger partial charge is 0.453 e. The van der Waals surface area contributed by atoms with Gasteiger partial charge in [0.1, 0.15) is 0 Å². The van der Waals surface area contributed by atoms with E-state index in [9.17, 15) is 0 Å². The van der Waals surface area contributed by atoms with Gasteiger partial charge in [-0.05, 0) is 65.0 Å². The molecule has 5 aromatic carbocycles. The molecule has 4 nitrogen and oxygen atoms in total. The van der Waals surface area contributed by atoms with Gasteiger partial charge >= 0.3 is 0 Å². The number of hydrogen-bond donors (Lipinski definition) is 1. The molecule has 0 saturated carbocycles. The van der Waals surface area contributed by atoms with Crippen LogP contribution in [0.5, 0.6) is 23.0 Å². The van der Waals surface area contributed by atoms with E-state index in [1.165, 1.54) is 27.7 Å². The summed E-state index contributed by atoms with van der Waals surface area (Å²) in [5.74, 6) is 3.86. The zero-order valence-corrected chi connectivity index (χ0v) is 21.3. The second-order valence-corrected chi connectivity index (χ2v) is 10.5. The lowest BCUT2D eigenvalue weighted by molar-refractivity contribution is 0.477. The Bertz CT molecular complexity index is 1780. The minimum atomic E-state index is 0.372. The summed E-state index contributed by atoms with van der Waals surface area (Å²) in [6, 6.07) is 33.9. The molecule has 8 rings (SSSR count). The van der Waals surface area contributed by atoms with Gasteiger partial charge in [-0.3, -0.25) is 0 Å². The van der Waals surface area contributed by atoms with Gasteiger partial charge < -0.3 is 19.7 Å². The van der Waals surface area contributed by atoms with E-state index in [1.54, 1.807) is 0 Å². The summed E-state index contributed by atoms with van der Waals surface area (Å²) in [5.41, 5.74) is 11.7. The quantitative estimate of drug-likeness (QED) is 0.252. The molecule has 0 unspecified atom stereocenters. The smallest absolute Gasteiger partial charge is 0.198 e. The Morgan fingerprint density at radius 1 is 0.684 bits per heavy atom. The third-order valence-corrected chi connectivity index (χ3v) is 7.84. The van der Waals surface area contributed by atoms with Crippen LogP contribution in [0.25, 0.3) is 11.1 Å². The Labute approximate surface area is 222 Å². The van der Waals surface area contributed by atoms with Crippen molar-refractivity contribution in [2.45, 2.75) is 19.8 Å². The number of anilines is 5. The molecule has 0 radical (unpaired) electrons. The van der Waals surface area contributed by atoms with Gasteiger partial charge in [-0.25, -0.2) is 0 Å². The lowest BCUT2D eigenvalue weighted by Crippen LogP contribution is -2.42. The van der Waals surface area contributed by atoms with Crippen LogP contribution in [-0.2, 0) is 0 Å². The molecule has 5 aromatic rings. The second kappa shape index (κ2) is 7.93. The maximum Gasteiger partial charge on any atom is 0.198 e. The first-order valence-corrected chi connectivity index (χ1v) is 13.2. The first-order chi connectivity index (χ1) is 18.7. The Kier molecular flexibility index (Phi) is 4.48. The lowest BCUT2D eigenvalue weighted by Gasteiger charge is -2.39. The maximum absolute atomic E-state index is 6.37. The van der Waals surface area contributed by atoms with Crippen LogP contribution in [0.4, 0.5) is 28.4 Å². The predicted octanol–water partition coefficient (Wildman–Crippen LogP) is 7.60. The van der Waals surface area contributed by atoms with Crippen molar-refractivity contribution in [1.82, 2.24) is 0 Å². The fourth-order valence-electron chi connectivity index (χ4n) is 5.97. The molecule has 0 aliphatic carbocycles. The van der Waals surface area contributed by atoms with Crippen LogP contribution in [0.15, 0.2) is 97.1 Å². The van der Waals surface area contributed by atoms with Crippen molar-refractivity contribution in [3.63, 3.8) is 0 Å². The highest BCUT2D eigenvalue weighted by Gasteiger charge is 2.35. The summed E-state index contributed by atoms with van der Waals surface area (Å²) in [6.07, 6.45) is 0. The molecule has 0 fully saturated rings. The molecule has 182 valence electrons. The van der Waals surface area contributed by atoms with Gasteiger partial charge in [0.2, 0.25) is 0 Å². The van der Waals surface area contributed by atoms with Gasteiger partial charge in [0, 0.05) is 11.3 Å². The van der Waals surface area contributed by atoms with Crippen LogP contribution in [-0.4, -0.2) is 7.28 Å². The van der Waals surface area contributed by atoms with E-state index in [2.05, 4.69) is 90.8 Å². The summed E-state index contributed by atoms with van der Waals surface area (Å²) in [7, 11) is 0.829. The minimum absolute atomic E-state index is 0.372. The summed E-state index contributed by atoms with van der Waals surface area (Å²) >= 11 is 0. The van der Waals surface area contributed by atoms with E-state index in [1.807, 2.05) is 30.3 Å². The lowest BCUT2D eigenvalue weighted by atomic mass is 9.57. The van der Waals surface area contributed by atoms with E-state index < -0.39 is 0 Å². The normalized spacial score (nSPS) is 13.5. The van der Waals surface area contributed by atoms with Gasteiger partial charge in [-0.2, -0.15) is 0 Å². The van der Waals surface area contributed by atoms with Crippen LogP contribution in [0, 0.1) is 0 Å². The molecule has 5 heteroatoms. The van der Waals surface area contributed by atoms with E-state index in [0.29, 0.717) is 5.92 Å². The molecule has 0 bridgehead atoms.